The Hall–Kier alpha value is -1.46. The van der Waals surface area contributed by atoms with Crippen LogP contribution >= 0.6 is 0 Å². The maximum Gasteiger partial charge on any atom is 0.248 e. The van der Waals surface area contributed by atoms with Crippen LogP contribution in [0.5, 0.6) is 0 Å². The first-order valence-corrected chi connectivity index (χ1v) is 6.51. The van der Waals surface area contributed by atoms with E-state index in [1.54, 1.807) is 0 Å². The van der Waals surface area contributed by atoms with Gasteiger partial charge in [0.15, 0.2) is 0 Å². The van der Waals surface area contributed by atoms with E-state index in [4.69, 9.17) is 16.2 Å². The molecule has 0 saturated heterocycles. The van der Waals surface area contributed by atoms with Crippen LogP contribution in [0.3, 0.4) is 0 Å². The van der Waals surface area contributed by atoms with Gasteiger partial charge in [0.1, 0.15) is 5.82 Å². The highest BCUT2D eigenvalue weighted by Gasteiger charge is 2.20. The van der Waals surface area contributed by atoms with Crippen molar-refractivity contribution in [2.75, 3.05) is 0 Å². The summed E-state index contributed by atoms with van der Waals surface area (Å²) in [7, 11) is 0. The zero-order chi connectivity index (χ0) is 13.8. The summed E-state index contributed by atoms with van der Waals surface area (Å²) in [6.45, 7) is 0.197. The smallest absolute Gasteiger partial charge is 0.248 e. The fourth-order valence-electron chi connectivity index (χ4n) is 2.36. The van der Waals surface area contributed by atoms with Crippen molar-refractivity contribution in [3.05, 3.63) is 35.1 Å². The van der Waals surface area contributed by atoms with E-state index < -0.39 is 11.7 Å². The monoisotopic (exact) mass is 266 g/mol. The van der Waals surface area contributed by atoms with E-state index >= 15 is 0 Å². The maximum absolute atomic E-state index is 13.7. The third-order valence-electron chi connectivity index (χ3n) is 3.48. The summed E-state index contributed by atoms with van der Waals surface area (Å²) >= 11 is 0. The third kappa shape index (κ3) is 3.75. The quantitative estimate of drug-likeness (QED) is 0.870. The maximum atomic E-state index is 13.7. The first-order chi connectivity index (χ1) is 9.06. The molecule has 4 nitrogen and oxygen atoms in total. The molecule has 0 radical (unpaired) electrons. The molecule has 1 aliphatic rings. The summed E-state index contributed by atoms with van der Waals surface area (Å²) in [5.41, 5.74) is 11.6. The van der Waals surface area contributed by atoms with Gasteiger partial charge in [0.2, 0.25) is 5.91 Å². The molecule has 2 atom stereocenters. The number of carbonyl (C=O) groups is 1. The van der Waals surface area contributed by atoms with Crippen LogP contribution in [0.4, 0.5) is 4.39 Å². The van der Waals surface area contributed by atoms with Gasteiger partial charge in [-0.25, -0.2) is 4.39 Å². The summed E-state index contributed by atoms with van der Waals surface area (Å²) in [4.78, 5) is 10.9. The Bertz CT molecular complexity index is 465. The minimum Gasteiger partial charge on any atom is -0.373 e. The van der Waals surface area contributed by atoms with Crippen LogP contribution in [0, 0.1) is 5.82 Å². The normalized spacial score (nSPS) is 23.3. The van der Waals surface area contributed by atoms with Crippen molar-refractivity contribution >= 4 is 5.91 Å². The molecule has 0 spiro atoms. The number of benzene rings is 1. The van der Waals surface area contributed by atoms with E-state index in [1.807, 2.05) is 0 Å². The molecule has 0 bridgehead atoms. The van der Waals surface area contributed by atoms with Gasteiger partial charge in [-0.05, 0) is 37.8 Å². The summed E-state index contributed by atoms with van der Waals surface area (Å²) in [6.07, 6.45) is 3.96. The summed E-state index contributed by atoms with van der Waals surface area (Å²) in [5, 5.41) is 0. The van der Waals surface area contributed by atoms with Crippen molar-refractivity contribution in [1.82, 2.24) is 0 Å². The van der Waals surface area contributed by atoms with Gasteiger partial charge in [0.25, 0.3) is 0 Å². The molecular formula is C14H19FN2O2. The number of primary amides is 1. The topological polar surface area (TPSA) is 78.3 Å². The number of nitrogens with two attached hydrogens (primary N) is 2. The van der Waals surface area contributed by atoms with Gasteiger partial charge in [0.05, 0.1) is 12.7 Å². The predicted molar refractivity (Wildman–Crippen MR) is 69.9 cm³/mol. The third-order valence-corrected chi connectivity index (χ3v) is 3.48. The van der Waals surface area contributed by atoms with Gasteiger partial charge >= 0.3 is 0 Å². The molecule has 0 aromatic heterocycles. The zero-order valence-electron chi connectivity index (χ0n) is 10.8. The SMILES string of the molecule is NC(=O)c1ccc(COC2CCCC(N)C2)c(F)c1. The molecule has 1 aliphatic carbocycles. The molecule has 1 aromatic carbocycles. The van der Waals surface area contributed by atoms with E-state index in [1.165, 1.54) is 12.1 Å². The molecule has 19 heavy (non-hydrogen) atoms. The van der Waals surface area contributed by atoms with E-state index in [0.717, 1.165) is 31.7 Å². The molecular weight excluding hydrogens is 247 g/mol. The average molecular weight is 266 g/mol. The number of hydrogen-bond donors (Lipinski definition) is 2. The number of halogens is 1. The molecule has 0 heterocycles. The Morgan fingerprint density at radius 1 is 1.42 bits per heavy atom. The van der Waals surface area contributed by atoms with Gasteiger partial charge in [-0.15, -0.1) is 0 Å². The number of rotatable bonds is 4. The van der Waals surface area contributed by atoms with Crippen molar-refractivity contribution in [1.29, 1.82) is 0 Å². The molecule has 1 amide bonds. The van der Waals surface area contributed by atoms with Gasteiger partial charge in [0, 0.05) is 17.2 Å². The second kappa shape index (κ2) is 6.12. The molecule has 0 aliphatic heterocycles. The lowest BCUT2D eigenvalue weighted by atomic mass is 9.93. The first kappa shape index (κ1) is 14.0. The minimum absolute atomic E-state index is 0.0963. The molecule has 5 heteroatoms. The van der Waals surface area contributed by atoms with Gasteiger partial charge in [-0.1, -0.05) is 6.07 Å². The molecule has 1 aromatic rings. The second-order valence-corrected chi connectivity index (χ2v) is 5.03. The highest BCUT2D eigenvalue weighted by Crippen LogP contribution is 2.21. The van der Waals surface area contributed by atoms with Crippen molar-refractivity contribution in [3.8, 4) is 0 Å². The summed E-state index contributed by atoms with van der Waals surface area (Å²) < 4.78 is 19.4. The van der Waals surface area contributed by atoms with Gasteiger partial charge in [-0.3, -0.25) is 4.79 Å². The fourth-order valence-corrected chi connectivity index (χ4v) is 2.36. The van der Waals surface area contributed by atoms with Crippen molar-refractivity contribution in [3.63, 3.8) is 0 Å². The molecule has 2 unspecified atom stereocenters. The Labute approximate surface area is 111 Å². The largest absolute Gasteiger partial charge is 0.373 e. The molecule has 2 rings (SSSR count). The van der Waals surface area contributed by atoms with E-state index in [0.29, 0.717) is 5.56 Å². The summed E-state index contributed by atoms with van der Waals surface area (Å²) in [6, 6.07) is 4.38. The van der Waals surface area contributed by atoms with Crippen molar-refractivity contribution in [2.45, 2.75) is 44.4 Å². The zero-order valence-corrected chi connectivity index (χ0v) is 10.8. The molecule has 104 valence electrons. The number of amides is 1. The standard InChI is InChI=1S/C14H19FN2O2/c15-13-6-9(14(17)18)4-5-10(13)8-19-12-3-1-2-11(16)7-12/h4-6,11-12H,1-3,7-8,16H2,(H2,17,18). The van der Waals surface area contributed by atoms with E-state index in [9.17, 15) is 9.18 Å². The van der Waals surface area contributed by atoms with Gasteiger partial charge in [-0.2, -0.15) is 0 Å². The van der Waals surface area contributed by atoms with Crippen LogP contribution in [-0.4, -0.2) is 18.1 Å². The Balaban J connectivity index is 1.94. The van der Waals surface area contributed by atoms with Crippen LogP contribution in [0.2, 0.25) is 0 Å². The Kier molecular flexibility index (Phi) is 4.50. The fraction of sp³-hybridized carbons (Fsp3) is 0.500. The highest BCUT2D eigenvalue weighted by molar-refractivity contribution is 5.92. The lowest BCUT2D eigenvalue weighted by Gasteiger charge is -2.26. The van der Waals surface area contributed by atoms with Crippen molar-refractivity contribution < 1.29 is 13.9 Å². The predicted octanol–water partition coefficient (Wildman–Crippen LogP) is 1.71. The van der Waals surface area contributed by atoms with Crippen LogP contribution in [0.25, 0.3) is 0 Å². The Morgan fingerprint density at radius 3 is 2.84 bits per heavy atom. The Morgan fingerprint density at radius 2 is 2.21 bits per heavy atom. The lowest BCUT2D eigenvalue weighted by molar-refractivity contribution is 0.0110. The van der Waals surface area contributed by atoms with Crippen LogP contribution in [-0.2, 0) is 11.3 Å². The van der Waals surface area contributed by atoms with E-state index in [-0.39, 0.29) is 24.3 Å². The van der Waals surface area contributed by atoms with Crippen LogP contribution in [0.15, 0.2) is 18.2 Å². The molecule has 1 fully saturated rings. The number of hydrogen-bond acceptors (Lipinski definition) is 3. The molecule has 4 N–H and O–H groups in total. The first-order valence-electron chi connectivity index (χ1n) is 6.51. The van der Waals surface area contributed by atoms with E-state index in [2.05, 4.69) is 0 Å². The minimum atomic E-state index is -0.635. The second-order valence-electron chi connectivity index (χ2n) is 5.03. The average Bonchev–Trinajstić information content (AvgIpc) is 2.37. The molecule has 1 saturated carbocycles. The lowest BCUT2D eigenvalue weighted by Crippen LogP contribution is -2.32. The van der Waals surface area contributed by atoms with Gasteiger partial charge < -0.3 is 16.2 Å². The number of carbonyl (C=O) groups excluding carboxylic acids is 1. The summed E-state index contributed by atoms with van der Waals surface area (Å²) in [5.74, 6) is -1.10. The number of ether oxygens (including phenoxy) is 1. The van der Waals surface area contributed by atoms with Crippen LogP contribution in [0.1, 0.15) is 41.6 Å². The highest BCUT2D eigenvalue weighted by atomic mass is 19.1. The van der Waals surface area contributed by atoms with Crippen molar-refractivity contribution in [2.24, 2.45) is 11.5 Å². The van der Waals surface area contributed by atoms with Crippen LogP contribution < -0.4 is 11.5 Å².